The summed E-state index contributed by atoms with van der Waals surface area (Å²) in [7, 11) is 0. The van der Waals surface area contributed by atoms with Gasteiger partial charge in [-0.1, -0.05) is 51.0 Å². The number of unbranched alkanes of at least 4 members (excludes halogenated alkanes) is 1. The third kappa shape index (κ3) is 5.19. The van der Waals surface area contributed by atoms with Crippen LogP contribution in [0.1, 0.15) is 55.5 Å². The Kier molecular flexibility index (Phi) is 6.98. The first-order valence-corrected chi connectivity index (χ1v) is 8.65. The number of carbonyl (C=O) groups is 1. The average molecular weight is 328 g/mol. The van der Waals surface area contributed by atoms with Gasteiger partial charge < -0.3 is 4.74 Å². The van der Waals surface area contributed by atoms with Crippen molar-refractivity contribution >= 4 is 5.78 Å². The van der Waals surface area contributed by atoms with Crippen molar-refractivity contribution in [2.45, 2.75) is 46.1 Å². The summed E-state index contributed by atoms with van der Waals surface area (Å²) in [5.74, 6) is 0.614. The van der Waals surface area contributed by atoms with Crippen LogP contribution in [0.4, 0.5) is 4.39 Å². The Morgan fingerprint density at radius 2 is 1.92 bits per heavy atom. The Hall–Kier alpha value is -2.16. The molecule has 0 aliphatic rings. The first-order chi connectivity index (χ1) is 11.6. The zero-order valence-electron chi connectivity index (χ0n) is 14.4. The van der Waals surface area contributed by atoms with Gasteiger partial charge in [-0.05, 0) is 42.7 Å². The fraction of sp³-hybridized carbons (Fsp3) is 0.381. The summed E-state index contributed by atoms with van der Waals surface area (Å²) in [5.41, 5.74) is 1.45. The molecule has 0 saturated carbocycles. The highest BCUT2D eigenvalue weighted by molar-refractivity contribution is 5.98. The second-order valence-electron chi connectivity index (χ2n) is 6.06. The van der Waals surface area contributed by atoms with Gasteiger partial charge in [0.25, 0.3) is 0 Å². The summed E-state index contributed by atoms with van der Waals surface area (Å²) < 4.78 is 18.9. The van der Waals surface area contributed by atoms with E-state index in [0.29, 0.717) is 11.3 Å². The van der Waals surface area contributed by atoms with Crippen LogP contribution in [0.25, 0.3) is 0 Å². The summed E-state index contributed by atoms with van der Waals surface area (Å²) in [6.07, 6.45) is 3.95. The molecule has 2 aromatic rings. The van der Waals surface area contributed by atoms with Crippen molar-refractivity contribution in [1.82, 2.24) is 0 Å². The van der Waals surface area contributed by atoms with E-state index in [2.05, 4.69) is 13.8 Å². The molecular weight excluding hydrogens is 303 g/mol. The molecule has 24 heavy (non-hydrogen) atoms. The van der Waals surface area contributed by atoms with Crippen molar-refractivity contribution in [1.29, 1.82) is 0 Å². The van der Waals surface area contributed by atoms with Gasteiger partial charge in [0.1, 0.15) is 18.2 Å². The maximum Gasteiger partial charge on any atom is 0.166 e. The zero-order valence-corrected chi connectivity index (χ0v) is 14.4. The molecule has 128 valence electrons. The third-order valence-corrected chi connectivity index (χ3v) is 4.18. The van der Waals surface area contributed by atoms with Gasteiger partial charge in [-0.15, -0.1) is 0 Å². The molecule has 0 aliphatic carbocycles. The Morgan fingerprint density at radius 3 is 2.62 bits per heavy atom. The first kappa shape index (κ1) is 18.2. The molecule has 0 N–H and O–H groups in total. The minimum atomic E-state index is -0.276. The molecule has 2 rings (SSSR count). The fourth-order valence-electron chi connectivity index (χ4n) is 2.74. The minimum absolute atomic E-state index is 0.0726. The molecule has 1 atom stereocenters. The number of Topliss-reactive ketones (excluding diaryl/α,β-unsaturated/α-hetero) is 1. The molecule has 0 fully saturated rings. The van der Waals surface area contributed by atoms with Crippen LogP contribution >= 0.6 is 0 Å². The van der Waals surface area contributed by atoms with E-state index in [1.54, 1.807) is 12.1 Å². The number of ether oxygens (including phenoxy) is 1. The summed E-state index contributed by atoms with van der Waals surface area (Å²) in [6.45, 7) is 4.48. The lowest BCUT2D eigenvalue weighted by molar-refractivity contribution is 0.0907. The Bertz CT molecular complexity index is 666. The minimum Gasteiger partial charge on any atom is -0.489 e. The van der Waals surface area contributed by atoms with Gasteiger partial charge in [-0.25, -0.2) is 4.39 Å². The maximum atomic E-state index is 13.2. The van der Waals surface area contributed by atoms with Gasteiger partial charge in [0.15, 0.2) is 5.78 Å². The van der Waals surface area contributed by atoms with Crippen molar-refractivity contribution < 1.29 is 13.9 Å². The molecule has 0 saturated heterocycles. The van der Waals surface area contributed by atoms with Gasteiger partial charge in [0, 0.05) is 11.5 Å². The summed E-state index contributed by atoms with van der Waals surface area (Å²) in [6, 6.07) is 13.6. The average Bonchev–Trinajstić information content (AvgIpc) is 2.61. The maximum absolute atomic E-state index is 13.2. The van der Waals surface area contributed by atoms with E-state index in [0.717, 1.165) is 31.2 Å². The Balaban J connectivity index is 2.03. The number of halogens is 1. The van der Waals surface area contributed by atoms with Crippen LogP contribution in [-0.4, -0.2) is 5.78 Å². The van der Waals surface area contributed by atoms with E-state index in [4.69, 9.17) is 4.74 Å². The van der Waals surface area contributed by atoms with Crippen LogP contribution in [0.15, 0.2) is 48.5 Å². The topological polar surface area (TPSA) is 26.3 Å². The van der Waals surface area contributed by atoms with Crippen LogP contribution in [-0.2, 0) is 6.61 Å². The number of ketones is 1. The first-order valence-electron chi connectivity index (χ1n) is 8.65. The summed E-state index contributed by atoms with van der Waals surface area (Å²) in [5, 5.41) is 0. The lowest BCUT2D eigenvalue weighted by Crippen LogP contribution is -2.14. The van der Waals surface area contributed by atoms with Crippen LogP contribution in [0.5, 0.6) is 5.75 Å². The van der Waals surface area contributed by atoms with Crippen LogP contribution in [0, 0.1) is 11.7 Å². The number of carbonyl (C=O) groups excluding carboxylic acids is 1. The number of hydrogen-bond acceptors (Lipinski definition) is 2. The van der Waals surface area contributed by atoms with Gasteiger partial charge in [0.05, 0.1) is 0 Å². The van der Waals surface area contributed by atoms with Gasteiger partial charge in [-0.2, -0.15) is 0 Å². The molecule has 2 nitrogen and oxygen atoms in total. The molecule has 0 spiro atoms. The lowest BCUT2D eigenvalue weighted by Gasteiger charge is -2.14. The quantitative estimate of drug-likeness (QED) is 0.543. The highest BCUT2D eigenvalue weighted by Crippen LogP contribution is 2.22. The Labute approximate surface area is 143 Å². The van der Waals surface area contributed by atoms with Gasteiger partial charge in [-0.3, -0.25) is 4.79 Å². The summed E-state index contributed by atoms with van der Waals surface area (Å²) in [4.78, 5) is 12.6. The van der Waals surface area contributed by atoms with E-state index in [9.17, 15) is 9.18 Å². The van der Waals surface area contributed by atoms with E-state index < -0.39 is 0 Å². The largest absolute Gasteiger partial charge is 0.489 e. The number of benzene rings is 2. The highest BCUT2D eigenvalue weighted by atomic mass is 19.1. The second-order valence-corrected chi connectivity index (χ2v) is 6.06. The van der Waals surface area contributed by atoms with E-state index in [-0.39, 0.29) is 24.1 Å². The van der Waals surface area contributed by atoms with Crippen molar-refractivity contribution in [3.63, 3.8) is 0 Å². The van der Waals surface area contributed by atoms with E-state index >= 15 is 0 Å². The monoisotopic (exact) mass is 328 g/mol. The lowest BCUT2D eigenvalue weighted by atomic mass is 9.90. The smallest absolute Gasteiger partial charge is 0.166 e. The van der Waals surface area contributed by atoms with Crippen molar-refractivity contribution in [2.75, 3.05) is 0 Å². The van der Waals surface area contributed by atoms with Gasteiger partial charge >= 0.3 is 0 Å². The number of hydrogen-bond donors (Lipinski definition) is 0. The van der Waals surface area contributed by atoms with Crippen LogP contribution in [0.2, 0.25) is 0 Å². The second kappa shape index (κ2) is 9.21. The van der Waals surface area contributed by atoms with E-state index in [1.807, 2.05) is 24.3 Å². The fourth-order valence-corrected chi connectivity index (χ4v) is 2.74. The van der Waals surface area contributed by atoms with E-state index in [1.165, 1.54) is 12.1 Å². The van der Waals surface area contributed by atoms with Crippen LogP contribution < -0.4 is 4.74 Å². The number of rotatable bonds is 9. The molecule has 0 amide bonds. The Morgan fingerprint density at radius 1 is 1.12 bits per heavy atom. The normalized spacial score (nSPS) is 12.0. The predicted molar refractivity (Wildman–Crippen MR) is 94.8 cm³/mol. The highest BCUT2D eigenvalue weighted by Gasteiger charge is 2.18. The van der Waals surface area contributed by atoms with Crippen molar-refractivity contribution in [2.24, 2.45) is 5.92 Å². The van der Waals surface area contributed by atoms with Crippen LogP contribution in [0.3, 0.4) is 0 Å². The van der Waals surface area contributed by atoms with Crippen molar-refractivity contribution in [3.05, 3.63) is 65.5 Å². The predicted octanol–water partition coefficient (Wildman–Crippen LogP) is 5.80. The molecule has 0 aliphatic heterocycles. The molecule has 0 radical (unpaired) electrons. The van der Waals surface area contributed by atoms with Gasteiger partial charge in [0.2, 0.25) is 0 Å². The molecule has 0 heterocycles. The standard InChI is InChI=1S/C21H25FO2/c1-3-5-9-17(4-2)21(23)18-10-7-12-20(14-18)24-15-16-8-6-11-19(22)13-16/h6-8,10-14,17H,3-5,9,15H2,1-2H3. The SMILES string of the molecule is CCCCC(CC)C(=O)c1cccc(OCc2cccc(F)c2)c1. The molecule has 2 aromatic carbocycles. The molecule has 1 unspecified atom stereocenters. The molecule has 0 aromatic heterocycles. The summed E-state index contributed by atoms with van der Waals surface area (Å²) >= 11 is 0. The molecular formula is C21H25FO2. The van der Waals surface area contributed by atoms with Crippen molar-refractivity contribution in [3.8, 4) is 5.75 Å². The third-order valence-electron chi connectivity index (χ3n) is 4.18. The zero-order chi connectivity index (χ0) is 17.4. The molecule has 3 heteroatoms. The molecule has 0 bridgehead atoms.